The number of hydrogen-bond acceptors (Lipinski definition) is 4. The van der Waals surface area contributed by atoms with E-state index in [0.717, 1.165) is 99.4 Å². The van der Waals surface area contributed by atoms with Crippen molar-refractivity contribution in [2.45, 2.75) is 0 Å². The lowest BCUT2D eigenvalue weighted by atomic mass is 10.0. The number of rotatable bonds is 7. The summed E-state index contributed by atoms with van der Waals surface area (Å²) in [4.78, 5) is 15.9. The van der Waals surface area contributed by atoms with Gasteiger partial charge >= 0.3 is 0 Å². The van der Waals surface area contributed by atoms with Crippen LogP contribution in [-0.4, -0.2) is 33.2 Å². The molecule has 8 heteroatoms. The molecule has 0 atom stereocenters. The van der Waals surface area contributed by atoms with E-state index in [1.165, 1.54) is 21.5 Å². The van der Waals surface area contributed by atoms with Gasteiger partial charge in [-0.05, 0) is 84.9 Å². The smallest absolute Gasteiger partial charge is 0.166 e. The second kappa shape index (κ2) is 17.1. The van der Waals surface area contributed by atoms with Gasteiger partial charge in [0.15, 0.2) is 17.5 Å². The van der Waals surface area contributed by atoms with Gasteiger partial charge in [-0.25, -0.2) is 15.0 Å². The third kappa shape index (κ3) is 6.49. The molecule has 5 heterocycles. The van der Waals surface area contributed by atoms with Crippen molar-refractivity contribution in [1.29, 1.82) is 5.26 Å². The van der Waals surface area contributed by atoms with Gasteiger partial charge in [0.05, 0.1) is 61.1 Å². The van der Waals surface area contributed by atoms with E-state index in [4.69, 9.17) is 15.0 Å². The van der Waals surface area contributed by atoms with Crippen LogP contribution in [0.5, 0.6) is 0 Å². The van der Waals surface area contributed by atoms with Gasteiger partial charge in [-0.15, -0.1) is 0 Å². The Hall–Kier alpha value is -10.9. The minimum absolute atomic E-state index is 0.477. The average molecular weight is 995 g/mol. The predicted molar refractivity (Wildman–Crippen MR) is 318 cm³/mol. The normalized spacial score (nSPS) is 11.8. The summed E-state index contributed by atoms with van der Waals surface area (Å²) in [6, 6.07) is 92.0. The fraction of sp³-hybridized carbons (Fsp3) is 0. The summed E-state index contributed by atoms with van der Waals surface area (Å²) in [6.07, 6.45) is 0. The van der Waals surface area contributed by atoms with Gasteiger partial charge in [0, 0.05) is 71.2 Å². The zero-order chi connectivity index (χ0) is 51.4. The Balaban J connectivity index is 0.984. The molecular weight excluding hydrogens is 953 g/mol. The van der Waals surface area contributed by atoms with Crippen LogP contribution in [0, 0.1) is 11.3 Å². The third-order valence-electron chi connectivity index (χ3n) is 15.6. The van der Waals surface area contributed by atoms with Crippen LogP contribution in [0.4, 0.5) is 0 Å². The number of hydrogen-bond donors (Lipinski definition) is 0. The monoisotopic (exact) mass is 994 g/mol. The molecule has 16 rings (SSSR count). The fourth-order valence-corrected chi connectivity index (χ4v) is 12.3. The van der Waals surface area contributed by atoms with E-state index in [0.29, 0.717) is 28.7 Å². The first-order valence-electron chi connectivity index (χ1n) is 26.2. The van der Waals surface area contributed by atoms with Crippen molar-refractivity contribution in [3.8, 4) is 63.0 Å². The maximum Gasteiger partial charge on any atom is 0.166 e. The van der Waals surface area contributed by atoms with Gasteiger partial charge in [0.25, 0.3) is 0 Å². The maximum atomic E-state index is 11.6. The molecule has 0 spiro atoms. The summed E-state index contributed by atoms with van der Waals surface area (Å²) in [7, 11) is 0. The Morgan fingerprint density at radius 2 is 0.590 bits per heavy atom. The highest BCUT2D eigenvalue weighted by Gasteiger charge is 2.25. The third-order valence-corrected chi connectivity index (χ3v) is 15.6. The van der Waals surface area contributed by atoms with Crippen molar-refractivity contribution < 1.29 is 0 Å². The van der Waals surface area contributed by atoms with Crippen molar-refractivity contribution in [3.05, 3.63) is 260 Å². The lowest BCUT2D eigenvalue weighted by Gasteiger charge is -2.19. The second-order valence-electron chi connectivity index (χ2n) is 19.9. The first kappa shape index (κ1) is 43.5. The molecule has 0 unspecified atom stereocenters. The number of nitriles is 1. The Morgan fingerprint density at radius 3 is 0.987 bits per heavy atom. The molecule has 0 aliphatic rings. The zero-order valence-electron chi connectivity index (χ0n) is 41.8. The van der Waals surface area contributed by atoms with Crippen molar-refractivity contribution in [2.75, 3.05) is 0 Å². The van der Waals surface area contributed by atoms with Gasteiger partial charge in [0.2, 0.25) is 0 Å². The number of para-hydroxylation sites is 6. The molecule has 0 saturated carbocycles. The Labute approximate surface area is 446 Å². The molecule has 0 bridgehead atoms. The van der Waals surface area contributed by atoms with Gasteiger partial charge in [0.1, 0.15) is 6.07 Å². The summed E-state index contributed by atoms with van der Waals surface area (Å²) in [5.41, 5.74) is 15.0. The molecule has 0 amide bonds. The molecule has 0 radical (unpaired) electrons. The van der Waals surface area contributed by atoms with Gasteiger partial charge < -0.3 is 18.3 Å². The van der Waals surface area contributed by atoms with Gasteiger partial charge in [-0.2, -0.15) is 5.26 Å². The topological polar surface area (TPSA) is 82.2 Å². The van der Waals surface area contributed by atoms with E-state index < -0.39 is 0 Å². The van der Waals surface area contributed by atoms with Crippen LogP contribution in [-0.2, 0) is 0 Å². The Morgan fingerprint density at radius 1 is 0.269 bits per heavy atom. The first-order valence-corrected chi connectivity index (χ1v) is 26.2. The summed E-state index contributed by atoms with van der Waals surface area (Å²) < 4.78 is 9.26. The summed E-state index contributed by atoms with van der Waals surface area (Å²) >= 11 is 0. The molecular formula is C70H42N8. The van der Waals surface area contributed by atoms with Crippen LogP contribution < -0.4 is 0 Å². The maximum absolute atomic E-state index is 11.6. The van der Waals surface area contributed by atoms with E-state index >= 15 is 0 Å². The molecule has 0 saturated heterocycles. The van der Waals surface area contributed by atoms with Crippen LogP contribution in [0.3, 0.4) is 0 Å². The van der Waals surface area contributed by atoms with Crippen LogP contribution in [0.2, 0.25) is 0 Å². The highest BCUT2D eigenvalue weighted by Crippen LogP contribution is 2.43. The molecule has 0 aliphatic heterocycles. The zero-order valence-corrected chi connectivity index (χ0v) is 41.8. The molecule has 0 fully saturated rings. The van der Waals surface area contributed by atoms with Crippen molar-refractivity contribution in [1.82, 2.24) is 33.2 Å². The van der Waals surface area contributed by atoms with Crippen LogP contribution in [0.15, 0.2) is 255 Å². The van der Waals surface area contributed by atoms with E-state index in [1.807, 2.05) is 66.7 Å². The SMILES string of the molecule is N#Cc1cc(-n2c3ccccc3c3cc(-n4c5ccccc5c5ccccc54)ccc32)c(-c2nc(-c3ccccc3)nc(-c3ccccc3)n2)cc1-n1c2ccccc2c2cc(-n3c4ccccc4c4ccccc43)ccc21. The molecule has 0 N–H and O–H groups in total. The highest BCUT2D eigenvalue weighted by molar-refractivity contribution is 6.14. The number of nitrogens with zero attached hydrogens (tertiary/aromatic N) is 8. The molecule has 5 aromatic heterocycles. The van der Waals surface area contributed by atoms with Crippen LogP contribution in [0.1, 0.15) is 5.56 Å². The summed E-state index contributed by atoms with van der Waals surface area (Å²) in [6.45, 7) is 0. The van der Waals surface area contributed by atoms with Crippen molar-refractivity contribution in [2.24, 2.45) is 0 Å². The molecule has 11 aromatic carbocycles. The van der Waals surface area contributed by atoms with Crippen molar-refractivity contribution in [3.63, 3.8) is 0 Å². The average Bonchev–Trinajstić information content (AvgIpc) is 4.31. The van der Waals surface area contributed by atoms with Crippen molar-refractivity contribution >= 4 is 87.2 Å². The number of fused-ring (bicyclic) bond motifs is 12. The van der Waals surface area contributed by atoms with E-state index in [2.05, 4.69) is 212 Å². The minimum atomic E-state index is 0.477. The number of aromatic nitrogens is 7. The second-order valence-corrected chi connectivity index (χ2v) is 19.9. The Kier molecular flexibility index (Phi) is 9.53. The standard InChI is InChI=1S/C70H42N8/c71-43-46-39-67(78-63-34-18-12-28-54(63)56-41-48(36-38-65(56)78)76-60-31-15-9-25-51(60)52-26-10-16-32-61(52)76)57(70-73-68(44-19-3-1-4-20-44)72-69(74-70)45-21-5-2-6-22-45)42-66(46)77-62-33-17-11-27-53(62)55-40-47(35-37-64(55)77)75-58-29-13-7-23-49(58)50-24-8-14-30-59(50)75/h1-42H. The largest absolute Gasteiger partial charge is 0.309 e. The molecule has 0 aliphatic carbocycles. The van der Waals surface area contributed by atoms with Gasteiger partial charge in [-0.3, -0.25) is 0 Å². The molecule has 78 heavy (non-hydrogen) atoms. The summed E-state index contributed by atoms with van der Waals surface area (Å²) in [5.74, 6) is 1.57. The lowest BCUT2D eigenvalue weighted by molar-refractivity contribution is 1.06. The van der Waals surface area contributed by atoms with Crippen LogP contribution >= 0.6 is 0 Å². The Bertz CT molecular complexity index is 5000. The fourth-order valence-electron chi connectivity index (χ4n) is 12.3. The minimum Gasteiger partial charge on any atom is -0.309 e. The van der Waals surface area contributed by atoms with E-state index in [9.17, 15) is 5.26 Å². The quantitative estimate of drug-likeness (QED) is 0.159. The number of benzene rings is 11. The summed E-state index contributed by atoms with van der Waals surface area (Å²) in [5, 5.41) is 20.7. The predicted octanol–water partition coefficient (Wildman–Crippen LogP) is 17.1. The molecule has 8 nitrogen and oxygen atoms in total. The van der Waals surface area contributed by atoms with E-state index in [1.54, 1.807) is 0 Å². The highest BCUT2D eigenvalue weighted by atomic mass is 15.1. The first-order chi connectivity index (χ1) is 38.7. The van der Waals surface area contributed by atoms with Crippen LogP contribution in [0.25, 0.3) is 144 Å². The van der Waals surface area contributed by atoms with Gasteiger partial charge in [-0.1, -0.05) is 170 Å². The van der Waals surface area contributed by atoms with E-state index in [-0.39, 0.29) is 0 Å². The molecule has 16 aromatic rings. The molecule has 362 valence electrons. The lowest BCUT2D eigenvalue weighted by Crippen LogP contribution is -2.07.